The molecule has 35 heavy (non-hydrogen) atoms. The van der Waals surface area contributed by atoms with Crippen molar-refractivity contribution in [3.05, 3.63) is 95.2 Å². The summed E-state index contributed by atoms with van der Waals surface area (Å²) >= 11 is 0. The number of hydrogen-bond acceptors (Lipinski definition) is 5. The highest BCUT2D eigenvalue weighted by molar-refractivity contribution is 6.52. The van der Waals surface area contributed by atoms with Crippen molar-refractivity contribution >= 4 is 34.0 Å². The lowest BCUT2D eigenvalue weighted by Crippen LogP contribution is -2.30. The van der Waals surface area contributed by atoms with Crippen LogP contribution in [0.4, 0.5) is 5.69 Å². The largest absolute Gasteiger partial charge is 0.507 e. The van der Waals surface area contributed by atoms with E-state index in [0.29, 0.717) is 28.3 Å². The van der Waals surface area contributed by atoms with E-state index < -0.39 is 17.7 Å². The zero-order chi connectivity index (χ0) is 24.7. The van der Waals surface area contributed by atoms with Crippen molar-refractivity contribution in [2.45, 2.75) is 13.0 Å². The van der Waals surface area contributed by atoms with Crippen molar-refractivity contribution in [2.24, 2.45) is 0 Å². The Morgan fingerprint density at radius 2 is 1.66 bits per heavy atom. The lowest BCUT2D eigenvalue weighted by Gasteiger charge is -2.26. The molecule has 7 nitrogen and oxygen atoms in total. The molecule has 1 aromatic heterocycles. The van der Waals surface area contributed by atoms with Crippen molar-refractivity contribution < 1.29 is 24.2 Å². The van der Waals surface area contributed by atoms with Crippen LogP contribution >= 0.6 is 0 Å². The maximum absolute atomic E-state index is 13.5. The van der Waals surface area contributed by atoms with Crippen LogP contribution in [0.3, 0.4) is 0 Å². The molecule has 2 N–H and O–H groups in total. The van der Waals surface area contributed by atoms with E-state index in [4.69, 9.17) is 9.47 Å². The third kappa shape index (κ3) is 3.52. The van der Waals surface area contributed by atoms with Gasteiger partial charge in [0.15, 0.2) is 11.5 Å². The topological polar surface area (TPSA) is 91.9 Å². The van der Waals surface area contributed by atoms with Gasteiger partial charge >= 0.3 is 0 Å². The Kier molecular flexibility index (Phi) is 5.53. The fourth-order valence-electron chi connectivity index (χ4n) is 4.67. The van der Waals surface area contributed by atoms with E-state index in [0.717, 1.165) is 16.5 Å². The predicted molar refractivity (Wildman–Crippen MR) is 134 cm³/mol. The first-order valence-corrected chi connectivity index (χ1v) is 11.1. The summed E-state index contributed by atoms with van der Waals surface area (Å²) in [5.41, 5.74) is 3.38. The van der Waals surface area contributed by atoms with Crippen molar-refractivity contribution in [3.8, 4) is 11.5 Å². The van der Waals surface area contributed by atoms with E-state index in [1.807, 2.05) is 49.4 Å². The molecule has 1 saturated heterocycles. The zero-order valence-electron chi connectivity index (χ0n) is 19.5. The molecule has 1 unspecified atom stereocenters. The lowest BCUT2D eigenvalue weighted by atomic mass is 9.94. The minimum absolute atomic E-state index is 0.00947. The molecule has 0 saturated carbocycles. The van der Waals surface area contributed by atoms with Crippen LogP contribution in [0.1, 0.15) is 22.7 Å². The third-order valence-corrected chi connectivity index (χ3v) is 6.39. The molecule has 4 aromatic rings. The molecule has 176 valence electrons. The number of nitrogens with zero attached hydrogens (tertiary/aromatic N) is 1. The van der Waals surface area contributed by atoms with Crippen LogP contribution in [0.2, 0.25) is 0 Å². The molecule has 0 bridgehead atoms. The molecular weight excluding hydrogens is 444 g/mol. The number of aromatic amines is 1. The van der Waals surface area contributed by atoms with Gasteiger partial charge in [-0.2, -0.15) is 0 Å². The lowest BCUT2D eigenvalue weighted by molar-refractivity contribution is -0.132. The second-order valence-corrected chi connectivity index (χ2v) is 8.31. The zero-order valence-corrected chi connectivity index (χ0v) is 19.5. The summed E-state index contributed by atoms with van der Waals surface area (Å²) in [6, 6.07) is 19.1. The highest BCUT2D eigenvalue weighted by Crippen LogP contribution is 2.45. The number of aromatic nitrogens is 1. The minimum Gasteiger partial charge on any atom is -0.507 e. The molecule has 7 heteroatoms. The molecule has 0 aliphatic carbocycles. The summed E-state index contributed by atoms with van der Waals surface area (Å²) < 4.78 is 10.7. The van der Waals surface area contributed by atoms with Crippen molar-refractivity contribution in [2.75, 3.05) is 19.1 Å². The van der Waals surface area contributed by atoms with E-state index in [-0.39, 0.29) is 11.3 Å². The quantitative estimate of drug-likeness (QED) is 0.241. The molecule has 1 aliphatic rings. The Bertz CT molecular complexity index is 1500. The second kappa shape index (κ2) is 8.68. The molecule has 1 fully saturated rings. The van der Waals surface area contributed by atoms with Crippen molar-refractivity contribution in [1.29, 1.82) is 0 Å². The molecule has 1 amide bonds. The number of aryl methyl sites for hydroxylation is 1. The molecular formula is C28H24N2O5. The van der Waals surface area contributed by atoms with E-state index in [1.54, 1.807) is 30.5 Å². The molecule has 1 aliphatic heterocycles. The number of amides is 1. The van der Waals surface area contributed by atoms with Gasteiger partial charge in [0.1, 0.15) is 5.76 Å². The van der Waals surface area contributed by atoms with Crippen LogP contribution in [0, 0.1) is 6.92 Å². The number of para-hydroxylation sites is 2. The summed E-state index contributed by atoms with van der Waals surface area (Å²) in [7, 11) is 3.01. The van der Waals surface area contributed by atoms with Crippen LogP contribution < -0.4 is 14.4 Å². The maximum Gasteiger partial charge on any atom is 0.300 e. The fourth-order valence-corrected chi connectivity index (χ4v) is 4.67. The summed E-state index contributed by atoms with van der Waals surface area (Å²) in [5.74, 6) is -0.853. The SMILES string of the molecule is COc1ccc(/C(O)=C2\C(=O)C(=O)N(c3ccccc3C)C2c2c[nH]c3ccccc23)cc1OC. The van der Waals surface area contributed by atoms with E-state index >= 15 is 0 Å². The Morgan fingerprint density at radius 1 is 0.943 bits per heavy atom. The molecule has 5 rings (SSSR count). The van der Waals surface area contributed by atoms with Crippen LogP contribution in [0.15, 0.2) is 78.5 Å². The van der Waals surface area contributed by atoms with Gasteiger partial charge in [-0.15, -0.1) is 0 Å². The minimum atomic E-state index is -0.833. The second-order valence-electron chi connectivity index (χ2n) is 8.31. The molecule has 0 spiro atoms. The number of anilines is 1. The summed E-state index contributed by atoms with van der Waals surface area (Å²) in [6.07, 6.45) is 1.79. The number of carbonyl (C=O) groups excluding carboxylic acids is 2. The standard InChI is InChI=1S/C28H24N2O5/c1-16-8-4-7-11-21(16)30-25(19-15-29-20-10-6-5-9-18(19)20)24(27(32)28(30)33)26(31)17-12-13-22(34-2)23(14-17)35-3/h4-15,25,29,31H,1-3H3/b26-24+. The number of methoxy groups -OCH3 is 2. The van der Waals surface area contributed by atoms with Crippen LogP contribution in [0.5, 0.6) is 11.5 Å². The monoisotopic (exact) mass is 468 g/mol. The number of ketones is 1. The van der Waals surface area contributed by atoms with Crippen molar-refractivity contribution in [3.63, 3.8) is 0 Å². The Labute approximate surface area is 202 Å². The number of ether oxygens (including phenoxy) is 2. The van der Waals surface area contributed by atoms with Gasteiger partial charge in [0.05, 0.1) is 25.8 Å². The predicted octanol–water partition coefficient (Wildman–Crippen LogP) is 5.12. The van der Waals surface area contributed by atoms with Crippen molar-refractivity contribution in [1.82, 2.24) is 4.98 Å². The first-order valence-electron chi connectivity index (χ1n) is 11.1. The first-order chi connectivity index (χ1) is 17.0. The van der Waals surface area contributed by atoms with Gasteiger partial charge in [0, 0.05) is 33.9 Å². The highest BCUT2D eigenvalue weighted by Gasteiger charge is 2.48. The van der Waals surface area contributed by atoms with Gasteiger partial charge in [-0.3, -0.25) is 14.5 Å². The Balaban J connectivity index is 1.78. The summed E-state index contributed by atoms with van der Waals surface area (Å²) in [5, 5.41) is 12.3. The maximum atomic E-state index is 13.5. The Hall–Kier alpha value is -4.52. The molecule has 1 atom stereocenters. The fraction of sp³-hybridized carbons (Fsp3) is 0.143. The number of benzene rings is 3. The van der Waals surface area contributed by atoms with Gasteiger partial charge in [-0.25, -0.2) is 0 Å². The normalized spacial score (nSPS) is 17.2. The molecule has 3 aromatic carbocycles. The van der Waals surface area contributed by atoms with Crippen LogP contribution in [-0.2, 0) is 9.59 Å². The number of aliphatic hydroxyl groups is 1. The number of Topliss-reactive ketones (excluding diaryl/α,β-unsaturated/α-hetero) is 1. The van der Waals surface area contributed by atoms with E-state index in [9.17, 15) is 14.7 Å². The van der Waals surface area contributed by atoms with Gasteiger partial charge in [-0.05, 0) is 42.8 Å². The molecule has 0 radical (unpaired) electrons. The number of carbonyl (C=O) groups is 2. The average Bonchev–Trinajstić information content (AvgIpc) is 3.42. The molecule has 2 heterocycles. The Morgan fingerprint density at radius 3 is 2.40 bits per heavy atom. The van der Waals surface area contributed by atoms with Crippen LogP contribution in [0.25, 0.3) is 16.7 Å². The summed E-state index contributed by atoms with van der Waals surface area (Å²) in [4.78, 5) is 31.6. The number of fused-ring (bicyclic) bond motifs is 1. The summed E-state index contributed by atoms with van der Waals surface area (Å²) in [6.45, 7) is 1.88. The first kappa shape index (κ1) is 22.3. The van der Waals surface area contributed by atoms with E-state index in [2.05, 4.69) is 4.98 Å². The number of rotatable bonds is 5. The van der Waals surface area contributed by atoms with Gasteiger partial charge in [-0.1, -0.05) is 36.4 Å². The highest BCUT2D eigenvalue weighted by atomic mass is 16.5. The smallest absolute Gasteiger partial charge is 0.300 e. The number of nitrogens with one attached hydrogen (secondary N) is 1. The van der Waals surface area contributed by atoms with Gasteiger partial charge in [0.2, 0.25) is 0 Å². The number of aliphatic hydroxyl groups excluding tert-OH is 1. The average molecular weight is 469 g/mol. The number of hydrogen-bond donors (Lipinski definition) is 2. The third-order valence-electron chi connectivity index (χ3n) is 6.39. The van der Waals surface area contributed by atoms with Crippen LogP contribution in [-0.4, -0.2) is 36.0 Å². The number of H-pyrrole nitrogens is 1. The van der Waals surface area contributed by atoms with Gasteiger partial charge in [0.25, 0.3) is 11.7 Å². The van der Waals surface area contributed by atoms with Gasteiger partial charge < -0.3 is 19.6 Å². The van der Waals surface area contributed by atoms with E-state index in [1.165, 1.54) is 19.1 Å².